The fourth-order valence-corrected chi connectivity index (χ4v) is 4.20. The SMILES string of the molecule is CCN(CC)S(=O)(=O)c1ccc(NC(=O)c2ccc(C)c(Br)c2)cc1. The summed E-state index contributed by atoms with van der Waals surface area (Å²) in [6.07, 6.45) is 0. The van der Waals surface area contributed by atoms with Crippen LogP contribution in [0.3, 0.4) is 0 Å². The zero-order valence-corrected chi connectivity index (χ0v) is 16.8. The van der Waals surface area contributed by atoms with E-state index in [9.17, 15) is 13.2 Å². The number of aryl methyl sites for hydroxylation is 1. The van der Waals surface area contributed by atoms with Crippen LogP contribution in [0, 0.1) is 6.92 Å². The highest BCUT2D eigenvalue weighted by Crippen LogP contribution is 2.20. The smallest absolute Gasteiger partial charge is 0.255 e. The van der Waals surface area contributed by atoms with Gasteiger partial charge in [-0.2, -0.15) is 4.31 Å². The van der Waals surface area contributed by atoms with Gasteiger partial charge in [-0.25, -0.2) is 8.42 Å². The minimum absolute atomic E-state index is 0.215. The predicted octanol–water partition coefficient (Wildman–Crippen LogP) is 4.04. The van der Waals surface area contributed by atoms with Gasteiger partial charge in [0.2, 0.25) is 10.0 Å². The van der Waals surface area contributed by atoms with Gasteiger partial charge in [0.1, 0.15) is 0 Å². The Labute approximate surface area is 157 Å². The fourth-order valence-electron chi connectivity index (χ4n) is 2.36. The Hall–Kier alpha value is -1.70. The van der Waals surface area contributed by atoms with E-state index in [1.807, 2.05) is 13.0 Å². The van der Waals surface area contributed by atoms with Crippen molar-refractivity contribution in [2.24, 2.45) is 0 Å². The van der Waals surface area contributed by atoms with Crippen LogP contribution >= 0.6 is 15.9 Å². The number of hydrogen-bond acceptors (Lipinski definition) is 3. The molecule has 0 aliphatic carbocycles. The van der Waals surface area contributed by atoms with Crippen molar-refractivity contribution in [3.63, 3.8) is 0 Å². The molecule has 0 radical (unpaired) electrons. The first-order valence-corrected chi connectivity index (χ1v) is 10.2. The third-order valence-electron chi connectivity index (χ3n) is 3.89. The van der Waals surface area contributed by atoms with Crippen LogP contribution in [0.15, 0.2) is 51.8 Å². The molecule has 1 N–H and O–H groups in total. The third kappa shape index (κ3) is 4.48. The van der Waals surface area contributed by atoms with Crippen molar-refractivity contribution in [1.29, 1.82) is 0 Å². The number of sulfonamides is 1. The highest BCUT2D eigenvalue weighted by atomic mass is 79.9. The molecule has 0 spiro atoms. The van der Waals surface area contributed by atoms with E-state index in [0.29, 0.717) is 24.3 Å². The first-order valence-electron chi connectivity index (χ1n) is 7.97. The van der Waals surface area contributed by atoms with Crippen molar-refractivity contribution in [2.75, 3.05) is 18.4 Å². The molecule has 0 bridgehead atoms. The van der Waals surface area contributed by atoms with Crippen molar-refractivity contribution < 1.29 is 13.2 Å². The molecule has 0 saturated heterocycles. The molecule has 0 heterocycles. The molecule has 1 amide bonds. The van der Waals surface area contributed by atoms with Gasteiger partial charge in [-0.3, -0.25) is 4.79 Å². The minimum Gasteiger partial charge on any atom is -0.322 e. The number of carbonyl (C=O) groups is 1. The number of carbonyl (C=O) groups excluding carboxylic acids is 1. The summed E-state index contributed by atoms with van der Waals surface area (Å²) >= 11 is 3.41. The Morgan fingerprint density at radius 3 is 2.20 bits per heavy atom. The Balaban J connectivity index is 2.17. The van der Waals surface area contributed by atoms with Gasteiger partial charge in [-0.05, 0) is 48.9 Å². The van der Waals surface area contributed by atoms with Crippen LogP contribution in [-0.2, 0) is 10.0 Å². The van der Waals surface area contributed by atoms with Crippen LogP contribution in [-0.4, -0.2) is 31.7 Å². The van der Waals surface area contributed by atoms with E-state index < -0.39 is 10.0 Å². The van der Waals surface area contributed by atoms with Crippen LogP contribution in [0.5, 0.6) is 0 Å². The van der Waals surface area contributed by atoms with Gasteiger partial charge >= 0.3 is 0 Å². The summed E-state index contributed by atoms with van der Waals surface area (Å²) in [5.74, 6) is -0.250. The summed E-state index contributed by atoms with van der Waals surface area (Å²) in [7, 11) is -3.49. The zero-order chi connectivity index (χ0) is 18.6. The second-order valence-electron chi connectivity index (χ2n) is 5.53. The molecule has 2 aromatic rings. The van der Waals surface area contributed by atoms with Crippen LogP contribution in [0.25, 0.3) is 0 Å². The second-order valence-corrected chi connectivity index (χ2v) is 8.32. The molecule has 134 valence electrons. The number of nitrogens with zero attached hydrogens (tertiary/aromatic N) is 1. The fraction of sp³-hybridized carbons (Fsp3) is 0.278. The van der Waals surface area contributed by atoms with Gasteiger partial charge in [-0.1, -0.05) is 35.8 Å². The van der Waals surface area contributed by atoms with Gasteiger partial charge < -0.3 is 5.32 Å². The molecule has 0 atom stereocenters. The van der Waals surface area contributed by atoms with Crippen molar-refractivity contribution >= 4 is 37.5 Å². The molecule has 5 nitrogen and oxygen atoms in total. The van der Waals surface area contributed by atoms with Gasteiger partial charge in [-0.15, -0.1) is 0 Å². The summed E-state index contributed by atoms with van der Waals surface area (Å²) in [6.45, 7) is 6.38. The van der Waals surface area contributed by atoms with E-state index >= 15 is 0 Å². The molecule has 0 aromatic heterocycles. The molecule has 0 fully saturated rings. The summed E-state index contributed by atoms with van der Waals surface area (Å²) in [4.78, 5) is 12.5. The van der Waals surface area contributed by atoms with Gasteiger partial charge in [0, 0.05) is 28.8 Å². The Morgan fingerprint density at radius 1 is 1.08 bits per heavy atom. The van der Waals surface area contributed by atoms with E-state index in [1.54, 1.807) is 38.1 Å². The summed E-state index contributed by atoms with van der Waals surface area (Å²) in [5, 5.41) is 2.77. The van der Waals surface area contributed by atoms with Crippen LogP contribution in [0.2, 0.25) is 0 Å². The van der Waals surface area contributed by atoms with Crippen molar-refractivity contribution in [3.05, 3.63) is 58.1 Å². The normalized spacial score (nSPS) is 11.6. The van der Waals surface area contributed by atoms with E-state index in [2.05, 4.69) is 21.2 Å². The van der Waals surface area contributed by atoms with Crippen molar-refractivity contribution in [1.82, 2.24) is 4.31 Å². The molecular formula is C18H21BrN2O3S. The van der Waals surface area contributed by atoms with Gasteiger partial charge in [0.25, 0.3) is 5.91 Å². The van der Waals surface area contributed by atoms with E-state index in [1.165, 1.54) is 16.4 Å². The quantitative estimate of drug-likeness (QED) is 0.760. The molecule has 2 aromatic carbocycles. The Bertz CT molecular complexity index is 860. The lowest BCUT2D eigenvalue weighted by Crippen LogP contribution is -2.30. The highest BCUT2D eigenvalue weighted by molar-refractivity contribution is 9.10. The predicted molar refractivity (Wildman–Crippen MR) is 103 cm³/mol. The lowest BCUT2D eigenvalue weighted by Gasteiger charge is -2.18. The first kappa shape index (κ1) is 19.6. The highest BCUT2D eigenvalue weighted by Gasteiger charge is 2.21. The van der Waals surface area contributed by atoms with Crippen LogP contribution < -0.4 is 5.32 Å². The second kappa shape index (κ2) is 8.12. The minimum atomic E-state index is -3.49. The summed E-state index contributed by atoms with van der Waals surface area (Å²) < 4.78 is 27.2. The van der Waals surface area contributed by atoms with E-state index in [-0.39, 0.29) is 10.8 Å². The molecule has 25 heavy (non-hydrogen) atoms. The van der Waals surface area contributed by atoms with Crippen LogP contribution in [0.1, 0.15) is 29.8 Å². The first-order chi connectivity index (χ1) is 11.8. The molecule has 0 aliphatic rings. The van der Waals surface area contributed by atoms with Gasteiger partial charge in [0.05, 0.1) is 4.90 Å². The standard InChI is InChI=1S/C18H21BrN2O3S/c1-4-21(5-2)25(23,24)16-10-8-15(9-11-16)20-18(22)14-7-6-13(3)17(19)12-14/h6-12H,4-5H2,1-3H3,(H,20,22). The number of benzene rings is 2. The topological polar surface area (TPSA) is 66.5 Å². The van der Waals surface area contributed by atoms with E-state index in [0.717, 1.165) is 10.0 Å². The molecule has 0 unspecified atom stereocenters. The number of nitrogens with one attached hydrogen (secondary N) is 1. The maximum atomic E-state index is 12.5. The molecule has 7 heteroatoms. The average Bonchev–Trinajstić information content (AvgIpc) is 2.58. The number of halogens is 1. The molecular weight excluding hydrogens is 404 g/mol. The van der Waals surface area contributed by atoms with Crippen LogP contribution in [0.4, 0.5) is 5.69 Å². The molecule has 0 saturated carbocycles. The number of anilines is 1. The lowest BCUT2D eigenvalue weighted by molar-refractivity contribution is 0.102. The maximum absolute atomic E-state index is 12.5. The van der Waals surface area contributed by atoms with Gasteiger partial charge in [0.15, 0.2) is 0 Å². The van der Waals surface area contributed by atoms with E-state index in [4.69, 9.17) is 0 Å². The summed E-state index contributed by atoms with van der Waals surface area (Å²) in [6, 6.07) is 11.6. The zero-order valence-electron chi connectivity index (χ0n) is 14.4. The monoisotopic (exact) mass is 424 g/mol. The van der Waals surface area contributed by atoms with Crippen molar-refractivity contribution in [2.45, 2.75) is 25.7 Å². The number of rotatable bonds is 6. The summed E-state index contributed by atoms with van der Waals surface area (Å²) in [5.41, 5.74) is 2.11. The average molecular weight is 425 g/mol. The molecule has 0 aliphatic heterocycles. The lowest BCUT2D eigenvalue weighted by atomic mass is 10.1. The number of amides is 1. The Kier molecular flexibility index (Phi) is 6.37. The number of hydrogen-bond donors (Lipinski definition) is 1. The molecule has 2 rings (SSSR count). The Morgan fingerprint density at radius 2 is 1.68 bits per heavy atom. The van der Waals surface area contributed by atoms with Crippen molar-refractivity contribution in [3.8, 4) is 0 Å². The largest absolute Gasteiger partial charge is 0.322 e. The maximum Gasteiger partial charge on any atom is 0.255 e. The third-order valence-corrected chi connectivity index (χ3v) is 6.81.